The number of amides is 1. The van der Waals surface area contributed by atoms with E-state index in [0.717, 1.165) is 31.2 Å². The van der Waals surface area contributed by atoms with Crippen LogP contribution < -0.4 is 0 Å². The quantitative estimate of drug-likeness (QED) is 0.739. The summed E-state index contributed by atoms with van der Waals surface area (Å²) in [6.45, 7) is 4.08. The van der Waals surface area contributed by atoms with Gasteiger partial charge in [-0.3, -0.25) is 4.79 Å². The van der Waals surface area contributed by atoms with Crippen molar-refractivity contribution >= 4 is 15.9 Å². The lowest BCUT2D eigenvalue weighted by Crippen LogP contribution is -2.33. The van der Waals surface area contributed by atoms with Crippen molar-refractivity contribution in [1.29, 1.82) is 0 Å². The Hall–Kier alpha value is -2.18. The molecule has 0 atom stereocenters. The molecule has 3 rings (SSSR count). The van der Waals surface area contributed by atoms with Gasteiger partial charge in [-0.2, -0.15) is 4.31 Å². The number of carbonyl (C=O) groups excluding carboxylic acids is 1. The summed E-state index contributed by atoms with van der Waals surface area (Å²) in [5.74, 6) is -0.153. The minimum absolute atomic E-state index is 0.153. The van der Waals surface area contributed by atoms with Crippen LogP contribution in [0.5, 0.6) is 0 Å². The molecule has 0 spiro atoms. The van der Waals surface area contributed by atoms with Crippen LogP contribution in [0, 0.1) is 0 Å². The summed E-state index contributed by atoms with van der Waals surface area (Å²) in [6, 6.07) is 16.3. The Labute approximate surface area is 168 Å². The molecule has 0 aliphatic carbocycles. The van der Waals surface area contributed by atoms with Gasteiger partial charge >= 0.3 is 0 Å². The standard InChI is InChI=1S/C22H28N2O3S/c1-2-23(18-19-11-6-5-7-12-19)22(25)20-13-10-14-21(17-20)28(26,27)24-15-8-3-4-9-16-24/h5-7,10-14,17H,2-4,8-9,15-16,18H2,1H3. The molecule has 0 aromatic heterocycles. The van der Waals surface area contributed by atoms with E-state index in [1.165, 1.54) is 6.07 Å². The fourth-order valence-electron chi connectivity index (χ4n) is 3.53. The maximum atomic E-state index is 13.0. The first-order valence-electron chi connectivity index (χ1n) is 9.96. The lowest BCUT2D eigenvalue weighted by atomic mass is 10.1. The molecule has 150 valence electrons. The van der Waals surface area contributed by atoms with E-state index < -0.39 is 10.0 Å². The highest BCUT2D eigenvalue weighted by molar-refractivity contribution is 7.89. The zero-order valence-electron chi connectivity index (χ0n) is 16.4. The molecule has 6 heteroatoms. The van der Waals surface area contributed by atoms with Crippen molar-refractivity contribution in [3.05, 3.63) is 65.7 Å². The van der Waals surface area contributed by atoms with Gasteiger partial charge in [-0.05, 0) is 43.5 Å². The van der Waals surface area contributed by atoms with Gasteiger partial charge in [-0.25, -0.2) is 8.42 Å². The van der Waals surface area contributed by atoms with Crippen molar-refractivity contribution in [1.82, 2.24) is 9.21 Å². The Kier molecular flexibility index (Phi) is 6.86. The Balaban J connectivity index is 1.82. The minimum atomic E-state index is -3.57. The monoisotopic (exact) mass is 400 g/mol. The normalized spacial score (nSPS) is 15.8. The van der Waals surface area contributed by atoms with Crippen LogP contribution in [0.15, 0.2) is 59.5 Å². The summed E-state index contributed by atoms with van der Waals surface area (Å²) in [5, 5.41) is 0. The van der Waals surface area contributed by atoms with Crippen molar-refractivity contribution in [3.8, 4) is 0 Å². The molecule has 0 saturated carbocycles. The van der Waals surface area contributed by atoms with E-state index >= 15 is 0 Å². The maximum absolute atomic E-state index is 13.0. The topological polar surface area (TPSA) is 57.7 Å². The van der Waals surface area contributed by atoms with Gasteiger partial charge in [0.1, 0.15) is 0 Å². The first-order valence-corrected chi connectivity index (χ1v) is 11.4. The van der Waals surface area contributed by atoms with Crippen LogP contribution in [0.4, 0.5) is 0 Å². The van der Waals surface area contributed by atoms with Crippen LogP contribution in [-0.4, -0.2) is 43.2 Å². The van der Waals surface area contributed by atoms with Crippen molar-refractivity contribution < 1.29 is 13.2 Å². The smallest absolute Gasteiger partial charge is 0.254 e. The number of benzene rings is 2. The average Bonchev–Trinajstić information content (AvgIpc) is 3.02. The lowest BCUT2D eigenvalue weighted by Gasteiger charge is -2.23. The molecule has 0 unspecified atom stereocenters. The number of nitrogens with zero attached hydrogens (tertiary/aromatic N) is 2. The molecule has 28 heavy (non-hydrogen) atoms. The van der Waals surface area contributed by atoms with E-state index in [2.05, 4.69) is 0 Å². The van der Waals surface area contributed by atoms with Crippen molar-refractivity contribution in [2.75, 3.05) is 19.6 Å². The third-order valence-electron chi connectivity index (χ3n) is 5.17. The SMILES string of the molecule is CCN(Cc1ccccc1)C(=O)c1cccc(S(=O)(=O)N2CCCCCC2)c1. The third-order valence-corrected chi connectivity index (χ3v) is 7.06. The summed E-state index contributed by atoms with van der Waals surface area (Å²) in [4.78, 5) is 14.9. The van der Waals surface area contributed by atoms with Gasteiger partial charge in [-0.15, -0.1) is 0 Å². The molecule has 1 fully saturated rings. The van der Waals surface area contributed by atoms with E-state index in [-0.39, 0.29) is 10.8 Å². The van der Waals surface area contributed by atoms with Crippen molar-refractivity contribution in [2.24, 2.45) is 0 Å². The summed E-state index contributed by atoms with van der Waals surface area (Å²) >= 11 is 0. The first kappa shape index (κ1) is 20.6. The lowest BCUT2D eigenvalue weighted by molar-refractivity contribution is 0.0752. The summed E-state index contributed by atoms with van der Waals surface area (Å²) in [6.07, 6.45) is 3.90. The number of hydrogen-bond acceptors (Lipinski definition) is 3. The van der Waals surface area contributed by atoms with Crippen LogP contribution in [0.25, 0.3) is 0 Å². The Bertz CT molecular complexity index is 889. The minimum Gasteiger partial charge on any atom is -0.335 e. The molecule has 1 amide bonds. The second-order valence-corrected chi connectivity index (χ2v) is 9.09. The van der Waals surface area contributed by atoms with Crippen molar-refractivity contribution in [2.45, 2.75) is 44.0 Å². The predicted molar refractivity (Wildman–Crippen MR) is 111 cm³/mol. The van der Waals surface area contributed by atoms with E-state index in [1.807, 2.05) is 37.3 Å². The van der Waals surface area contributed by atoms with Gasteiger partial charge < -0.3 is 4.90 Å². The second kappa shape index (κ2) is 9.34. The molecule has 2 aromatic rings. The van der Waals surface area contributed by atoms with E-state index in [0.29, 0.717) is 31.7 Å². The molecule has 5 nitrogen and oxygen atoms in total. The van der Waals surface area contributed by atoms with Crippen molar-refractivity contribution in [3.63, 3.8) is 0 Å². The molecule has 0 N–H and O–H groups in total. The van der Waals surface area contributed by atoms with Crippen LogP contribution in [-0.2, 0) is 16.6 Å². The zero-order chi connectivity index (χ0) is 20.0. The van der Waals surface area contributed by atoms with Crippen LogP contribution in [0.2, 0.25) is 0 Å². The van der Waals surface area contributed by atoms with E-state index in [9.17, 15) is 13.2 Å². The molecule has 1 aliphatic rings. The van der Waals surface area contributed by atoms with Crippen LogP contribution in [0.1, 0.15) is 48.5 Å². The first-order chi connectivity index (χ1) is 13.5. The fraction of sp³-hybridized carbons (Fsp3) is 0.409. The molecule has 0 radical (unpaired) electrons. The highest BCUT2D eigenvalue weighted by Gasteiger charge is 2.26. The number of carbonyl (C=O) groups is 1. The van der Waals surface area contributed by atoms with Gasteiger partial charge in [0.25, 0.3) is 5.91 Å². The fourth-order valence-corrected chi connectivity index (χ4v) is 5.10. The van der Waals surface area contributed by atoms with E-state index in [4.69, 9.17) is 0 Å². The Morgan fingerprint density at radius 3 is 2.29 bits per heavy atom. The van der Waals surface area contributed by atoms with Crippen LogP contribution >= 0.6 is 0 Å². The second-order valence-electron chi connectivity index (χ2n) is 7.15. The summed E-state index contributed by atoms with van der Waals surface area (Å²) in [5.41, 5.74) is 1.46. The van der Waals surface area contributed by atoms with E-state index in [1.54, 1.807) is 27.4 Å². The molecular weight excluding hydrogens is 372 g/mol. The Morgan fingerprint density at radius 2 is 1.64 bits per heavy atom. The summed E-state index contributed by atoms with van der Waals surface area (Å²) in [7, 11) is -3.57. The molecule has 1 aliphatic heterocycles. The highest BCUT2D eigenvalue weighted by Crippen LogP contribution is 2.22. The van der Waals surface area contributed by atoms with Gasteiger partial charge in [-0.1, -0.05) is 49.2 Å². The average molecular weight is 401 g/mol. The number of rotatable bonds is 6. The van der Waals surface area contributed by atoms with Gasteiger partial charge in [0.05, 0.1) is 4.90 Å². The zero-order valence-corrected chi connectivity index (χ0v) is 17.2. The molecule has 1 heterocycles. The maximum Gasteiger partial charge on any atom is 0.254 e. The van der Waals surface area contributed by atoms with Crippen LogP contribution in [0.3, 0.4) is 0 Å². The third kappa shape index (κ3) is 4.80. The predicted octanol–water partition coefficient (Wildman–Crippen LogP) is 3.91. The largest absolute Gasteiger partial charge is 0.335 e. The molecule has 2 aromatic carbocycles. The number of hydrogen-bond donors (Lipinski definition) is 0. The number of sulfonamides is 1. The molecule has 0 bridgehead atoms. The molecule has 1 saturated heterocycles. The highest BCUT2D eigenvalue weighted by atomic mass is 32.2. The van der Waals surface area contributed by atoms with Gasteiger partial charge in [0, 0.05) is 31.7 Å². The summed E-state index contributed by atoms with van der Waals surface area (Å²) < 4.78 is 27.7. The van der Waals surface area contributed by atoms with Gasteiger partial charge in [0.15, 0.2) is 0 Å². The van der Waals surface area contributed by atoms with Gasteiger partial charge in [0.2, 0.25) is 10.0 Å². The molecular formula is C22H28N2O3S. The Morgan fingerprint density at radius 1 is 0.964 bits per heavy atom.